The Morgan fingerprint density at radius 2 is 0.820 bits per heavy atom. The number of anilines is 2. The van der Waals surface area contributed by atoms with Crippen LogP contribution < -0.4 is 25.3 Å². The standard InChI is InChI=1S/C18H18ClNO3.C10H10Cl2O2.C10H11ClO3.C8H9NO/c1-12(21)13-4-8-15(9-5-13)20-17(22)18(2,3)23-16-10-6-14(19)7-11-16;2*1-10(2,9(12)13)14-8-5-3-7(11)4-6-8;1-6(10)7-2-4-8(9)5-3-7/h4-11H,1-3H3,(H,20,22);3-6H,1-2H3;3-6H,1-2H3,(H,12,13);2-5H,9H2,1H3. The molecule has 0 aromatic heterocycles. The molecule has 0 heterocycles. The summed E-state index contributed by atoms with van der Waals surface area (Å²) >= 11 is 22.6. The van der Waals surface area contributed by atoms with Gasteiger partial charge in [-0.2, -0.15) is 0 Å². The number of carboxylic acids is 1. The zero-order valence-corrected chi connectivity index (χ0v) is 37.9. The van der Waals surface area contributed by atoms with Crippen molar-refractivity contribution in [2.24, 2.45) is 0 Å². The number of amides is 1. The molecule has 15 heteroatoms. The summed E-state index contributed by atoms with van der Waals surface area (Å²) < 4.78 is 16.4. The number of ether oxygens (including phenoxy) is 3. The summed E-state index contributed by atoms with van der Waals surface area (Å²) in [7, 11) is 0. The van der Waals surface area contributed by atoms with Crippen LogP contribution in [-0.4, -0.2) is 50.6 Å². The molecule has 5 aromatic carbocycles. The number of nitrogens with one attached hydrogen (secondary N) is 1. The van der Waals surface area contributed by atoms with Crippen molar-refractivity contribution in [1.82, 2.24) is 0 Å². The molecule has 0 saturated heterocycles. The third-order valence-electron chi connectivity index (χ3n) is 7.96. The topological polar surface area (TPSA) is 171 Å². The highest BCUT2D eigenvalue weighted by molar-refractivity contribution is 6.65. The van der Waals surface area contributed by atoms with E-state index < -0.39 is 28.0 Å². The van der Waals surface area contributed by atoms with Crippen molar-refractivity contribution in [3.8, 4) is 17.2 Å². The molecule has 0 fully saturated rings. The lowest BCUT2D eigenvalue weighted by Crippen LogP contribution is -2.42. The fourth-order valence-electron chi connectivity index (χ4n) is 4.31. The molecule has 0 radical (unpaired) electrons. The Morgan fingerprint density at radius 1 is 0.508 bits per heavy atom. The first-order valence-corrected chi connectivity index (χ1v) is 19.9. The molecule has 324 valence electrons. The molecule has 0 saturated carbocycles. The van der Waals surface area contributed by atoms with E-state index in [-0.39, 0.29) is 17.5 Å². The molecule has 4 N–H and O–H groups in total. The summed E-state index contributed by atoms with van der Waals surface area (Å²) in [6, 6.07) is 33.7. The number of nitrogen functional groups attached to an aromatic ring is 1. The Balaban J connectivity index is 0.000000294. The first-order valence-electron chi connectivity index (χ1n) is 18.4. The fourth-order valence-corrected chi connectivity index (χ4v) is 4.73. The highest BCUT2D eigenvalue weighted by atomic mass is 35.5. The summed E-state index contributed by atoms with van der Waals surface area (Å²) in [5.41, 5.74) is 4.70. The molecule has 0 aliphatic rings. The molecule has 1 amide bonds. The number of benzene rings is 5. The van der Waals surface area contributed by atoms with Gasteiger partial charge in [0.1, 0.15) is 17.2 Å². The normalized spacial score (nSPS) is 10.8. The third-order valence-corrected chi connectivity index (χ3v) is 9.17. The zero-order chi connectivity index (χ0) is 46.1. The van der Waals surface area contributed by atoms with Crippen LogP contribution in [0.2, 0.25) is 15.1 Å². The number of hydrogen-bond acceptors (Lipinski definition) is 9. The molecule has 0 aliphatic heterocycles. The largest absolute Gasteiger partial charge is 0.479 e. The van der Waals surface area contributed by atoms with Gasteiger partial charge in [-0.3, -0.25) is 19.2 Å². The lowest BCUT2D eigenvalue weighted by molar-refractivity contribution is -0.152. The van der Waals surface area contributed by atoms with Crippen molar-refractivity contribution in [3.63, 3.8) is 0 Å². The van der Waals surface area contributed by atoms with Crippen molar-refractivity contribution in [1.29, 1.82) is 0 Å². The molecule has 5 aromatic rings. The predicted molar refractivity (Wildman–Crippen MR) is 243 cm³/mol. The number of ketones is 2. The number of rotatable bonds is 12. The van der Waals surface area contributed by atoms with Gasteiger partial charge >= 0.3 is 5.97 Å². The average molecular weight is 915 g/mol. The Kier molecular flexibility index (Phi) is 19.8. The number of Topliss-reactive ketones (excluding diaryl/α,β-unsaturated/α-hetero) is 2. The number of carbonyl (C=O) groups is 5. The van der Waals surface area contributed by atoms with E-state index in [1.165, 1.54) is 27.7 Å². The van der Waals surface area contributed by atoms with Crippen molar-refractivity contribution >= 4 is 86.5 Å². The van der Waals surface area contributed by atoms with Gasteiger partial charge in [-0.15, -0.1) is 0 Å². The monoisotopic (exact) mass is 912 g/mol. The summed E-state index contributed by atoms with van der Waals surface area (Å²) in [6.07, 6.45) is 0. The highest BCUT2D eigenvalue weighted by Gasteiger charge is 2.31. The summed E-state index contributed by atoms with van der Waals surface area (Å²) in [6.45, 7) is 12.6. The van der Waals surface area contributed by atoms with Gasteiger partial charge in [0.25, 0.3) is 11.1 Å². The van der Waals surface area contributed by atoms with Gasteiger partial charge in [-0.05, 0) is 188 Å². The van der Waals surface area contributed by atoms with E-state index in [1.807, 2.05) is 0 Å². The van der Waals surface area contributed by atoms with Gasteiger partial charge < -0.3 is 30.4 Å². The van der Waals surface area contributed by atoms with E-state index in [2.05, 4.69) is 5.32 Å². The smallest absolute Gasteiger partial charge is 0.347 e. The minimum Gasteiger partial charge on any atom is -0.479 e. The number of nitrogens with two attached hydrogens (primary N) is 1. The van der Waals surface area contributed by atoms with Crippen LogP contribution in [-0.2, 0) is 14.4 Å². The van der Waals surface area contributed by atoms with Gasteiger partial charge in [-0.1, -0.05) is 34.8 Å². The van der Waals surface area contributed by atoms with E-state index in [1.54, 1.807) is 149 Å². The van der Waals surface area contributed by atoms with E-state index in [4.69, 9.17) is 71.5 Å². The Morgan fingerprint density at radius 3 is 1.13 bits per heavy atom. The number of halogens is 4. The van der Waals surface area contributed by atoms with Crippen molar-refractivity contribution in [2.45, 2.75) is 72.2 Å². The molecule has 5 rings (SSSR count). The number of aliphatic carboxylic acids is 1. The third kappa shape index (κ3) is 18.7. The molecule has 11 nitrogen and oxygen atoms in total. The van der Waals surface area contributed by atoms with E-state index in [0.717, 1.165) is 0 Å². The lowest BCUT2D eigenvalue weighted by Gasteiger charge is -2.25. The van der Waals surface area contributed by atoms with Gasteiger partial charge in [0.05, 0.1) is 0 Å². The second kappa shape index (κ2) is 23.4. The van der Waals surface area contributed by atoms with Gasteiger partial charge in [-0.25, -0.2) is 4.79 Å². The zero-order valence-electron chi connectivity index (χ0n) is 34.8. The second-order valence-electron chi connectivity index (χ2n) is 14.5. The van der Waals surface area contributed by atoms with Crippen molar-refractivity contribution in [2.75, 3.05) is 11.1 Å². The Hall–Kier alpha value is -5.59. The summed E-state index contributed by atoms with van der Waals surface area (Å²) in [4.78, 5) is 56.1. The minimum absolute atomic E-state index is 0.0192. The number of carbonyl (C=O) groups excluding carboxylic acids is 4. The van der Waals surface area contributed by atoms with Crippen LogP contribution in [0.25, 0.3) is 0 Å². The van der Waals surface area contributed by atoms with Crippen LogP contribution >= 0.6 is 46.4 Å². The maximum Gasteiger partial charge on any atom is 0.347 e. The van der Waals surface area contributed by atoms with E-state index in [0.29, 0.717) is 54.8 Å². The summed E-state index contributed by atoms with van der Waals surface area (Å²) in [5, 5.41) is 12.9. The van der Waals surface area contributed by atoms with Crippen molar-refractivity contribution in [3.05, 3.63) is 148 Å². The van der Waals surface area contributed by atoms with Gasteiger partial charge in [0.2, 0.25) is 0 Å². The average Bonchev–Trinajstić information content (AvgIpc) is 3.18. The fraction of sp³-hybridized carbons (Fsp3) is 0.239. The number of carboxylic acid groups (broad SMARTS) is 1. The maximum atomic E-state index is 12.4. The minimum atomic E-state index is -1.23. The van der Waals surface area contributed by atoms with Crippen LogP contribution in [0.15, 0.2) is 121 Å². The molecule has 0 aliphatic carbocycles. The highest BCUT2D eigenvalue weighted by Crippen LogP contribution is 2.24. The Labute approximate surface area is 376 Å². The number of hydrogen-bond donors (Lipinski definition) is 3. The van der Waals surface area contributed by atoms with Gasteiger partial charge in [0, 0.05) is 37.6 Å². The quantitative estimate of drug-likeness (QED) is 0.0621. The maximum absolute atomic E-state index is 12.4. The predicted octanol–water partition coefficient (Wildman–Crippen LogP) is 11.7. The van der Waals surface area contributed by atoms with Crippen LogP contribution in [0.3, 0.4) is 0 Å². The molecule has 0 atom stereocenters. The van der Waals surface area contributed by atoms with Crippen LogP contribution in [0.5, 0.6) is 17.2 Å². The van der Waals surface area contributed by atoms with Crippen LogP contribution in [0, 0.1) is 0 Å². The Bertz CT molecular complexity index is 2160. The van der Waals surface area contributed by atoms with E-state index >= 15 is 0 Å². The van der Waals surface area contributed by atoms with Crippen LogP contribution in [0.4, 0.5) is 11.4 Å². The molecule has 0 spiro atoms. The second-order valence-corrected chi connectivity index (χ2v) is 16.2. The molecular weight excluding hydrogens is 866 g/mol. The molecule has 61 heavy (non-hydrogen) atoms. The first kappa shape index (κ1) is 51.6. The SMILES string of the molecule is CC(=O)c1ccc(N)cc1.CC(=O)c1ccc(NC(=O)C(C)(C)Oc2ccc(Cl)cc2)cc1.CC(C)(Oc1ccc(Cl)cc1)C(=O)Cl.CC(C)(Oc1ccc(Cl)cc1)C(=O)O. The molecule has 0 bridgehead atoms. The molecular formula is C46H48Cl4N2O9. The van der Waals surface area contributed by atoms with Crippen LogP contribution in [0.1, 0.15) is 76.1 Å². The molecule has 0 unspecified atom stereocenters. The lowest BCUT2D eigenvalue weighted by atomic mass is 10.1. The van der Waals surface area contributed by atoms with Crippen molar-refractivity contribution < 1.29 is 43.3 Å². The summed E-state index contributed by atoms with van der Waals surface area (Å²) in [5.74, 6) is 0.362. The first-order chi connectivity index (χ1) is 28.3. The van der Waals surface area contributed by atoms with E-state index in [9.17, 15) is 24.0 Å². The van der Waals surface area contributed by atoms with Gasteiger partial charge in [0.15, 0.2) is 28.4 Å².